The van der Waals surface area contributed by atoms with Gasteiger partial charge in [0.25, 0.3) is 0 Å². The molecule has 1 aliphatic rings. The van der Waals surface area contributed by atoms with E-state index in [-0.39, 0.29) is 17.8 Å². The molecule has 0 aromatic carbocycles. The molecule has 0 heterocycles. The molecule has 1 saturated carbocycles. The number of nitrogens with zero attached hydrogens (tertiary/aromatic N) is 1. The molecule has 0 aromatic heterocycles. The van der Waals surface area contributed by atoms with E-state index < -0.39 is 0 Å². The first kappa shape index (κ1) is 8.33. The Bertz CT molecular complexity index is 158. The molecule has 1 rings (SSSR count). The summed E-state index contributed by atoms with van der Waals surface area (Å²) in [6.45, 7) is 0. The Morgan fingerprint density at radius 2 is 2.00 bits per heavy atom. The molecule has 0 spiro atoms. The van der Waals surface area contributed by atoms with Crippen LogP contribution in [0.5, 0.6) is 0 Å². The van der Waals surface area contributed by atoms with Crippen molar-refractivity contribution in [3.8, 4) is 0 Å². The molecule has 4 heteroatoms. The van der Waals surface area contributed by atoms with Crippen LogP contribution in [0.3, 0.4) is 0 Å². The van der Waals surface area contributed by atoms with Crippen molar-refractivity contribution in [2.24, 2.45) is 22.5 Å². The monoisotopic (exact) mass is 157 g/mol. The molecular weight excluding hydrogens is 142 g/mol. The number of amidine groups is 1. The summed E-state index contributed by atoms with van der Waals surface area (Å²) in [4.78, 5) is 0. The summed E-state index contributed by atoms with van der Waals surface area (Å²) in [5.41, 5.74) is 11.2. The van der Waals surface area contributed by atoms with Crippen LogP contribution in [-0.2, 0) is 0 Å². The van der Waals surface area contributed by atoms with Crippen molar-refractivity contribution in [1.82, 2.24) is 0 Å². The van der Waals surface area contributed by atoms with Gasteiger partial charge in [0.2, 0.25) is 0 Å². The molecule has 0 amide bonds. The smallest absolute Gasteiger partial charge is 0.143 e. The first-order valence-corrected chi connectivity index (χ1v) is 3.98. The topological polar surface area (TPSA) is 84.6 Å². The third-order valence-corrected chi connectivity index (χ3v) is 2.31. The lowest BCUT2D eigenvalue weighted by Crippen LogP contribution is -2.41. The van der Waals surface area contributed by atoms with Gasteiger partial charge in [-0.2, -0.15) is 0 Å². The highest BCUT2D eigenvalue weighted by atomic mass is 16.4. The van der Waals surface area contributed by atoms with Crippen LogP contribution in [0.15, 0.2) is 5.16 Å². The van der Waals surface area contributed by atoms with Gasteiger partial charge in [-0.1, -0.05) is 18.0 Å². The highest BCUT2D eigenvalue weighted by Gasteiger charge is 2.24. The lowest BCUT2D eigenvalue weighted by molar-refractivity contribution is 0.303. The molecule has 1 aliphatic carbocycles. The largest absolute Gasteiger partial charge is 0.409 e. The fourth-order valence-electron chi connectivity index (χ4n) is 1.60. The van der Waals surface area contributed by atoms with Crippen molar-refractivity contribution in [1.29, 1.82) is 0 Å². The third-order valence-electron chi connectivity index (χ3n) is 2.31. The molecule has 0 radical (unpaired) electrons. The second-order valence-corrected chi connectivity index (χ2v) is 3.08. The molecule has 4 nitrogen and oxygen atoms in total. The Hall–Kier alpha value is -0.770. The number of rotatable bonds is 1. The van der Waals surface area contributed by atoms with E-state index in [1.807, 2.05) is 0 Å². The first-order valence-electron chi connectivity index (χ1n) is 3.98. The average Bonchev–Trinajstić information content (AvgIpc) is 2.04. The molecule has 1 fully saturated rings. The van der Waals surface area contributed by atoms with Gasteiger partial charge in [0.1, 0.15) is 5.84 Å². The predicted molar refractivity (Wildman–Crippen MR) is 43.3 cm³/mol. The van der Waals surface area contributed by atoms with Gasteiger partial charge in [-0.15, -0.1) is 0 Å². The van der Waals surface area contributed by atoms with Crippen LogP contribution in [0.25, 0.3) is 0 Å². The van der Waals surface area contributed by atoms with E-state index in [0.717, 1.165) is 25.7 Å². The van der Waals surface area contributed by atoms with Crippen LogP contribution >= 0.6 is 0 Å². The average molecular weight is 157 g/mol. The second-order valence-electron chi connectivity index (χ2n) is 3.08. The Kier molecular flexibility index (Phi) is 2.70. The van der Waals surface area contributed by atoms with Crippen LogP contribution in [0, 0.1) is 5.92 Å². The predicted octanol–water partition coefficient (Wildman–Crippen LogP) is 0.250. The van der Waals surface area contributed by atoms with Crippen LogP contribution in [-0.4, -0.2) is 17.1 Å². The zero-order valence-corrected chi connectivity index (χ0v) is 6.53. The third kappa shape index (κ3) is 1.83. The first-order chi connectivity index (χ1) is 5.25. The van der Waals surface area contributed by atoms with Crippen molar-refractivity contribution >= 4 is 5.84 Å². The summed E-state index contributed by atoms with van der Waals surface area (Å²) in [7, 11) is 0. The van der Waals surface area contributed by atoms with Crippen LogP contribution in [0.4, 0.5) is 0 Å². The van der Waals surface area contributed by atoms with Crippen LogP contribution in [0.2, 0.25) is 0 Å². The number of oxime groups is 1. The molecule has 5 N–H and O–H groups in total. The molecule has 2 unspecified atom stereocenters. The van der Waals surface area contributed by atoms with Crippen LogP contribution < -0.4 is 11.5 Å². The van der Waals surface area contributed by atoms with Crippen molar-refractivity contribution in [2.45, 2.75) is 31.7 Å². The maximum Gasteiger partial charge on any atom is 0.143 e. The zero-order chi connectivity index (χ0) is 8.27. The molecule has 64 valence electrons. The van der Waals surface area contributed by atoms with E-state index >= 15 is 0 Å². The molecule has 0 bridgehead atoms. The van der Waals surface area contributed by atoms with E-state index in [2.05, 4.69) is 5.16 Å². The number of hydrogen-bond acceptors (Lipinski definition) is 3. The highest BCUT2D eigenvalue weighted by Crippen LogP contribution is 2.22. The number of hydrogen-bond donors (Lipinski definition) is 3. The van der Waals surface area contributed by atoms with Crippen molar-refractivity contribution in [3.63, 3.8) is 0 Å². The fourth-order valence-corrected chi connectivity index (χ4v) is 1.60. The van der Waals surface area contributed by atoms with Gasteiger partial charge in [0.05, 0.1) is 0 Å². The van der Waals surface area contributed by atoms with Gasteiger partial charge in [-0.3, -0.25) is 0 Å². The van der Waals surface area contributed by atoms with Gasteiger partial charge in [-0.25, -0.2) is 0 Å². The lowest BCUT2D eigenvalue weighted by atomic mass is 9.84. The van der Waals surface area contributed by atoms with Gasteiger partial charge in [0, 0.05) is 12.0 Å². The summed E-state index contributed by atoms with van der Waals surface area (Å²) in [6, 6.07) is 0.0830. The van der Waals surface area contributed by atoms with Crippen LogP contribution in [0.1, 0.15) is 25.7 Å². The fraction of sp³-hybridized carbons (Fsp3) is 0.857. The Balaban J connectivity index is 2.54. The van der Waals surface area contributed by atoms with Crippen molar-refractivity contribution in [3.05, 3.63) is 0 Å². The van der Waals surface area contributed by atoms with Gasteiger partial charge >= 0.3 is 0 Å². The molecule has 0 aromatic rings. The molecule has 0 saturated heterocycles. The normalized spacial score (nSPS) is 33.7. The second kappa shape index (κ2) is 3.57. The van der Waals surface area contributed by atoms with E-state index in [1.54, 1.807) is 0 Å². The van der Waals surface area contributed by atoms with E-state index in [0.29, 0.717) is 0 Å². The Morgan fingerprint density at radius 3 is 2.55 bits per heavy atom. The maximum atomic E-state index is 8.41. The SMILES string of the molecule is N/C(=N\O)C1CCCCC1N. The summed E-state index contributed by atoms with van der Waals surface area (Å²) in [6.07, 6.45) is 4.24. The van der Waals surface area contributed by atoms with Gasteiger partial charge < -0.3 is 16.7 Å². The van der Waals surface area contributed by atoms with Crippen molar-refractivity contribution in [2.75, 3.05) is 0 Å². The Morgan fingerprint density at radius 1 is 1.36 bits per heavy atom. The Labute approximate surface area is 66.2 Å². The number of nitrogens with two attached hydrogens (primary N) is 2. The minimum atomic E-state index is 0.0830. The summed E-state index contributed by atoms with van der Waals surface area (Å²) >= 11 is 0. The highest BCUT2D eigenvalue weighted by molar-refractivity contribution is 5.82. The minimum Gasteiger partial charge on any atom is -0.409 e. The zero-order valence-electron chi connectivity index (χ0n) is 6.53. The molecule has 11 heavy (non-hydrogen) atoms. The van der Waals surface area contributed by atoms with Gasteiger partial charge in [0.15, 0.2) is 0 Å². The molecule has 2 atom stereocenters. The summed E-state index contributed by atoms with van der Waals surface area (Å²) in [5.74, 6) is 0.381. The lowest BCUT2D eigenvalue weighted by Gasteiger charge is -2.26. The molecular formula is C7H15N3O. The van der Waals surface area contributed by atoms with E-state index in [9.17, 15) is 0 Å². The van der Waals surface area contributed by atoms with E-state index in [4.69, 9.17) is 16.7 Å². The molecule has 0 aliphatic heterocycles. The quantitative estimate of drug-likeness (QED) is 0.221. The standard InChI is InChI=1S/C7H15N3O/c8-6-4-2-1-3-5(6)7(9)10-11/h5-6,11H,1-4,8H2,(H2,9,10). The summed E-state index contributed by atoms with van der Waals surface area (Å²) in [5, 5.41) is 11.4. The minimum absolute atomic E-state index is 0.0830. The van der Waals surface area contributed by atoms with Crippen molar-refractivity contribution < 1.29 is 5.21 Å². The summed E-state index contributed by atoms with van der Waals surface area (Å²) < 4.78 is 0. The van der Waals surface area contributed by atoms with Gasteiger partial charge in [-0.05, 0) is 12.8 Å². The maximum absolute atomic E-state index is 8.41. The van der Waals surface area contributed by atoms with E-state index in [1.165, 1.54) is 0 Å².